The second kappa shape index (κ2) is 7.17. The van der Waals surface area contributed by atoms with E-state index in [0.29, 0.717) is 11.9 Å². The van der Waals surface area contributed by atoms with Crippen molar-refractivity contribution in [3.8, 4) is 11.3 Å². The van der Waals surface area contributed by atoms with Crippen LogP contribution in [0.2, 0.25) is 0 Å². The Kier molecular flexibility index (Phi) is 4.49. The first kappa shape index (κ1) is 18.2. The van der Waals surface area contributed by atoms with Crippen molar-refractivity contribution in [1.29, 1.82) is 0 Å². The first-order valence-electron chi connectivity index (χ1n) is 10.2. The number of rotatable bonds is 3. The topological polar surface area (TPSA) is 81.3 Å². The number of hydrogen-bond donors (Lipinski definition) is 2. The molecule has 5 heteroatoms. The number of hydrogen-bond acceptors (Lipinski definition) is 5. The molecule has 0 unspecified atom stereocenters. The van der Waals surface area contributed by atoms with Gasteiger partial charge >= 0.3 is 0 Å². The first-order chi connectivity index (χ1) is 14.1. The van der Waals surface area contributed by atoms with E-state index in [1.54, 1.807) is 0 Å². The standard InChI is InChI=1S/C24H26N4O/c1-15-10-16(14-28-8-6-18(25)7-9-28)11-19-20(13-27-24(26)23(15)19)22-12-17-4-2-3-5-21(17)29-22/h2-5,10-13,18H,6-9,14,25H2,1H3,(H2,26,27). The minimum absolute atomic E-state index is 0.343. The van der Waals surface area contributed by atoms with Gasteiger partial charge in [0, 0.05) is 35.1 Å². The molecule has 5 nitrogen and oxygen atoms in total. The zero-order valence-corrected chi connectivity index (χ0v) is 16.7. The van der Waals surface area contributed by atoms with E-state index in [1.165, 1.54) is 5.56 Å². The number of fused-ring (bicyclic) bond motifs is 2. The highest BCUT2D eigenvalue weighted by molar-refractivity contribution is 6.03. The minimum atomic E-state index is 0.343. The summed E-state index contributed by atoms with van der Waals surface area (Å²) in [5.74, 6) is 1.39. The molecule has 3 heterocycles. The fourth-order valence-electron chi connectivity index (χ4n) is 4.45. The van der Waals surface area contributed by atoms with E-state index >= 15 is 0 Å². The Labute approximate surface area is 170 Å². The molecule has 1 aliphatic heterocycles. The van der Waals surface area contributed by atoms with Gasteiger partial charge < -0.3 is 15.9 Å². The lowest BCUT2D eigenvalue weighted by Crippen LogP contribution is -2.39. The molecule has 5 rings (SSSR count). The molecule has 0 bridgehead atoms. The largest absolute Gasteiger partial charge is 0.456 e. The number of piperidine rings is 1. The second-order valence-corrected chi connectivity index (χ2v) is 8.15. The Morgan fingerprint density at radius 3 is 2.72 bits per heavy atom. The number of nitrogens with two attached hydrogens (primary N) is 2. The average Bonchev–Trinajstić information content (AvgIpc) is 3.13. The van der Waals surface area contributed by atoms with Crippen molar-refractivity contribution in [2.24, 2.45) is 5.73 Å². The number of nitrogen functional groups attached to an aromatic ring is 1. The van der Waals surface area contributed by atoms with Crippen LogP contribution >= 0.6 is 0 Å². The van der Waals surface area contributed by atoms with Crippen LogP contribution in [0.1, 0.15) is 24.0 Å². The third kappa shape index (κ3) is 3.37. The molecule has 0 radical (unpaired) electrons. The van der Waals surface area contributed by atoms with Crippen molar-refractivity contribution in [2.45, 2.75) is 32.4 Å². The van der Waals surface area contributed by atoms with Crippen molar-refractivity contribution in [3.63, 3.8) is 0 Å². The Hall–Kier alpha value is -2.89. The summed E-state index contributed by atoms with van der Waals surface area (Å²) < 4.78 is 6.14. The number of aryl methyl sites for hydroxylation is 1. The molecule has 2 aromatic carbocycles. The molecule has 0 amide bonds. The van der Waals surface area contributed by atoms with Gasteiger partial charge in [-0.2, -0.15) is 0 Å². The summed E-state index contributed by atoms with van der Waals surface area (Å²) in [6.07, 6.45) is 3.96. The van der Waals surface area contributed by atoms with Crippen molar-refractivity contribution < 1.29 is 4.42 Å². The molecular formula is C24H26N4O. The van der Waals surface area contributed by atoms with Gasteiger partial charge in [-0.1, -0.05) is 24.3 Å². The summed E-state index contributed by atoms with van der Waals surface area (Å²) in [7, 11) is 0. The van der Waals surface area contributed by atoms with Crippen molar-refractivity contribution in [1.82, 2.24) is 9.88 Å². The van der Waals surface area contributed by atoms with E-state index in [0.717, 1.165) is 71.1 Å². The molecule has 29 heavy (non-hydrogen) atoms. The third-order valence-corrected chi connectivity index (χ3v) is 6.00. The lowest BCUT2D eigenvalue weighted by atomic mass is 9.97. The van der Waals surface area contributed by atoms with Crippen LogP contribution in [0.3, 0.4) is 0 Å². The number of pyridine rings is 1. The maximum atomic E-state index is 6.26. The molecule has 1 fully saturated rings. The summed E-state index contributed by atoms with van der Waals surface area (Å²) >= 11 is 0. The van der Waals surface area contributed by atoms with Gasteiger partial charge in [0.2, 0.25) is 0 Å². The molecular weight excluding hydrogens is 360 g/mol. The van der Waals surface area contributed by atoms with Gasteiger partial charge in [-0.15, -0.1) is 0 Å². The van der Waals surface area contributed by atoms with Gasteiger partial charge in [0.05, 0.1) is 0 Å². The van der Waals surface area contributed by atoms with E-state index in [2.05, 4.69) is 41.1 Å². The van der Waals surface area contributed by atoms with Crippen LogP contribution in [0.5, 0.6) is 0 Å². The van der Waals surface area contributed by atoms with Gasteiger partial charge in [0.25, 0.3) is 0 Å². The quantitative estimate of drug-likeness (QED) is 0.543. The predicted octanol–water partition coefficient (Wildman–Crippen LogP) is 4.46. The Morgan fingerprint density at radius 1 is 1.14 bits per heavy atom. The van der Waals surface area contributed by atoms with E-state index in [4.69, 9.17) is 15.9 Å². The van der Waals surface area contributed by atoms with Crippen molar-refractivity contribution in [2.75, 3.05) is 18.8 Å². The highest BCUT2D eigenvalue weighted by atomic mass is 16.3. The zero-order chi connectivity index (χ0) is 20.0. The van der Waals surface area contributed by atoms with E-state index in [-0.39, 0.29) is 0 Å². The Bertz CT molecular complexity index is 1160. The fraction of sp³-hybridized carbons (Fsp3) is 0.292. The molecule has 1 saturated heterocycles. The molecule has 0 aliphatic carbocycles. The lowest BCUT2D eigenvalue weighted by Gasteiger charge is -2.30. The number of likely N-dealkylation sites (tertiary alicyclic amines) is 1. The van der Waals surface area contributed by atoms with Crippen LogP contribution in [0, 0.1) is 6.92 Å². The molecule has 0 spiro atoms. The number of furan rings is 1. The van der Waals surface area contributed by atoms with Gasteiger partial charge in [0.15, 0.2) is 0 Å². The third-order valence-electron chi connectivity index (χ3n) is 6.00. The Balaban J connectivity index is 1.60. The number of aromatic nitrogens is 1. The number of para-hydroxylation sites is 1. The minimum Gasteiger partial charge on any atom is -0.456 e. The smallest absolute Gasteiger partial charge is 0.137 e. The average molecular weight is 386 g/mol. The molecule has 4 N–H and O–H groups in total. The van der Waals surface area contributed by atoms with E-state index in [1.807, 2.05) is 24.4 Å². The number of benzene rings is 2. The summed E-state index contributed by atoms with van der Waals surface area (Å²) in [5, 5.41) is 3.19. The van der Waals surface area contributed by atoms with Gasteiger partial charge in [0.1, 0.15) is 17.2 Å². The summed E-state index contributed by atoms with van der Waals surface area (Å²) in [6.45, 7) is 5.13. The molecule has 0 saturated carbocycles. The molecule has 2 aromatic heterocycles. The highest BCUT2D eigenvalue weighted by Crippen LogP contribution is 2.36. The molecule has 1 aliphatic rings. The zero-order valence-electron chi connectivity index (χ0n) is 16.7. The summed E-state index contributed by atoms with van der Waals surface area (Å²) in [6, 6.07) is 15.0. The van der Waals surface area contributed by atoms with Crippen LogP contribution in [-0.4, -0.2) is 29.0 Å². The molecule has 0 atom stereocenters. The van der Waals surface area contributed by atoms with Crippen LogP contribution in [0.4, 0.5) is 5.82 Å². The normalized spacial score (nSPS) is 16.1. The van der Waals surface area contributed by atoms with Crippen LogP contribution in [0.25, 0.3) is 33.1 Å². The predicted molar refractivity (Wildman–Crippen MR) is 119 cm³/mol. The maximum absolute atomic E-state index is 6.26. The fourth-order valence-corrected chi connectivity index (χ4v) is 4.45. The Morgan fingerprint density at radius 2 is 1.93 bits per heavy atom. The summed E-state index contributed by atoms with van der Waals surface area (Å²) in [4.78, 5) is 6.94. The van der Waals surface area contributed by atoms with Crippen LogP contribution in [-0.2, 0) is 6.54 Å². The number of anilines is 1. The molecule has 4 aromatic rings. The van der Waals surface area contributed by atoms with Crippen LogP contribution < -0.4 is 11.5 Å². The van der Waals surface area contributed by atoms with Crippen LogP contribution in [0.15, 0.2) is 53.1 Å². The van der Waals surface area contributed by atoms with E-state index in [9.17, 15) is 0 Å². The van der Waals surface area contributed by atoms with Gasteiger partial charge in [-0.05, 0) is 67.6 Å². The van der Waals surface area contributed by atoms with Gasteiger partial charge in [-0.3, -0.25) is 4.90 Å². The SMILES string of the molecule is Cc1cc(CN2CCC(N)CC2)cc2c(-c3cc4ccccc4o3)cnc(N)c12. The lowest BCUT2D eigenvalue weighted by molar-refractivity contribution is 0.205. The van der Waals surface area contributed by atoms with Gasteiger partial charge in [-0.25, -0.2) is 4.98 Å². The second-order valence-electron chi connectivity index (χ2n) is 8.15. The monoisotopic (exact) mass is 386 g/mol. The number of nitrogens with zero attached hydrogens (tertiary/aromatic N) is 2. The first-order valence-corrected chi connectivity index (χ1v) is 10.2. The van der Waals surface area contributed by atoms with E-state index < -0.39 is 0 Å². The highest BCUT2D eigenvalue weighted by Gasteiger charge is 2.18. The van der Waals surface area contributed by atoms with Crippen molar-refractivity contribution >= 4 is 27.6 Å². The molecule has 148 valence electrons. The maximum Gasteiger partial charge on any atom is 0.137 e. The summed E-state index contributed by atoms with van der Waals surface area (Å²) in [5.41, 5.74) is 16.6. The van der Waals surface area contributed by atoms with Crippen molar-refractivity contribution in [3.05, 3.63) is 59.8 Å².